The lowest BCUT2D eigenvalue weighted by atomic mass is 9.70. The second kappa shape index (κ2) is 13.1. The Hall–Kier alpha value is -7.86. The first-order valence-corrected chi connectivity index (χ1v) is 22.4. The van der Waals surface area contributed by atoms with Crippen LogP contribution in [0.5, 0.6) is 0 Å². The van der Waals surface area contributed by atoms with Crippen LogP contribution in [0.4, 0.5) is 0 Å². The van der Waals surface area contributed by atoms with Gasteiger partial charge in [0.25, 0.3) is 0 Å². The summed E-state index contributed by atoms with van der Waals surface area (Å²) < 4.78 is 5.01. The van der Waals surface area contributed by atoms with E-state index in [2.05, 4.69) is 204 Å². The topological polar surface area (TPSA) is 41.7 Å². The lowest BCUT2D eigenvalue weighted by Crippen LogP contribution is -2.33. The fourth-order valence-corrected chi connectivity index (χ4v) is 12.4. The van der Waals surface area contributed by atoms with Crippen molar-refractivity contribution < 1.29 is 0 Å². The number of aliphatic imine (C=N–C) groups is 2. The van der Waals surface area contributed by atoms with Crippen LogP contribution in [0.1, 0.15) is 45.1 Å². The van der Waals surface area contributed by atoms with E-state index < -0.39 is 5.41 Å². The van der Waals surface area contributed by atoms with Gasteiger partial charge in [-0.15, -0.1) is 11.3 Å². The summed E-state index contributed by atoms with van der Waals surface area (Å²) >= 11 is 1.85. The monoisotopic (exact) mass is 820 g/mol. The molecule has 0 amide bonds. The Labute approximate surface area is 367 Å². The maximum Gasteiger partial charge on any atom is 0.159 e. The molecule has 11 aromatic rings. The van der Waals surface area contributed by atoms with Gasteiger partial charge in [-0.25, -0.2) is 9.98 Å². The molecule has 1 atom stereocenters. The highest BCUT2D eigenvalue weighted by molar-refractivity contribution is 7.26. The van der Waals surface area contributed by atoms with E-state index in [0.29, 0.717) is 0 Å². The summed E-state index contributed by atoms with van der Waals surface area (Å²) in [4.78, 5) is 10.5. The quantitative estimate of drug-likeness (QED) is 0.189. The van der Waals surface area contributed by atoms with Crippen LogP contribution in [0.2, 0.25) is 0 Å². The fourth-order valence-electron chi connectivity index (χ4n) is 11.1. The molecule has 0 saturated heterocycles. The molecule has 0 bridgehead atoms. The summed E-state index contributed by atoms with van der Waals surface area (Å²) in [7, 11) is 0. The zero-order chi connectivity index (χ0) is 41.2. The van der Waals surface area contributed by atoms with Crippen molar-refractivity contribution in [3.8, 4) is 27.9 Å². The molecular weight excluding hydrogens is 785 g/mol. The number of thiophene rings is 1. The van der Waals surface area contributed by atoms with E-state index in [0.717, 1.165) is 34.0 Å². The average molecular weight is 821 g/mol. The minimum absolute atomic E-state index is 0.361. The zero-order valence-electron chi connectivity index (χ0n) is 34.0. The molecule has 9 aromatic carbocycles. The Kier molecular flexibility index (Phi) is 7.22. The molecule has 0 fully saturated rings. The number of nitrogens with zero attached hydrogens (tertiary/aromatic N) is 3. The zero-order valence-corrected chi connectivity index (χ0v) is 34.8. The summed E-state index contributed by atoms with van der Waals surface area (Å²) in [5.74, 6) is 1.53. The van der Waals surface area contributed by atoms with Crippen LogP contribution in [-0.2, 0) is 5.41 Å². The minimum atomic E-state index is -0.442. The van der Waals surface area contributed by atoms with Gasteiger partial charge in [0, 0.05) is 47.6 Å². The Bertz CT molecular complexity index is 3730. The molecule has 1 spiro atoms. The van der Waals surface area contributed by atoms with Crippen molar-refractivity contribution in [1.29, 1.82) is 0 Å². The molecule has 3 heterocycles. The van der Waals surface area contributed by atoms with E-state index in [1.165, 1.54) is 86.5 Å². The first-order chi connectivity index (χ1) is 31.3. The van der Waals surface area contributed by atoms with Crippen LogP contribution in [0.25, 0.3) is 69.9 Å². The second-order valence-corrected chi connectivity index (χ2v) is 17.9. The largest absolute Gasteiger partial charge is 0.344 e. The van der Waals surface area contributed by atoms with Crippen molar-refractivity contribution in [2.24, 2.45) is 9.98 Å². The number of rotatable bonds is 4. The molecule has 63 heavy (non-hydrogen) atoms. The maximum atomic E-state index is 5.37. The van der Waals surface area contributed by atoms with Gasteiger partial charge in [-0.05, 0) is 74.8 Å². The standard InChI is InChI=1S/C58H36N4S/c1-3-17-35(18-4-1)55-59-56(36-19-5-2-6-20-36)61-57(60-55)42-31-32-50(53-41-25-11-16-30-52(41)63-54(42)53)62-49-29-15-10-24-40(49)44-33-43-39-23-9-14-28-47(39)58(48(43)34-51(44)62)45-26-12-7-21-37(45)38-22-8-13-27-46(38)58/h1-34,57H,(H,59,60,61). The SMILES string of the molecule is c1ccc(C2=NC(c3ccc(-n4c5ccccc5c5cc6c(cc54)C4(c5ccccc5-c5ccccc54)c4ccccc4-6)c4c3sc3ccccc34)NC(c3ccccc3)=N2)cc1. The highest BCUT2D eigenvalue weighted by atomic mass is 32.1. The Morgan fingerprint density at radius 2 is 1.06 bits per heavy atom. The normalized spacial score (nSPS) is 15.6. The number of para-hydroxylation sites is 1. The van der Waals surface area contributed by atoms with E-state index in [4.69, 9.17) is 9.98 Å². The summed E-state index contributed by atoms with van der Waals surface area (Å²) in [5, 5.41) is 8.74. The van der Waals surface area contributed by atoms with E-state index in [9.17, 15) is 0 Å². The third kappa shape index (κ3) is 4.74. The first kappa shape index (κ1) is 34.8. The van der Waals surface area contributed by atoms with Crippen molar-refractivity contribution in [2.75, 3.05) is 0 Å². The Balaban J connectivity index is 1.05. The molecule has 294 valence electrons. The van der Waals surface area contributed by atoms with Gasteiger partial charge in [-0.1, -0.05) is 176 Å². The average Bonchev–Trinajstić information content (AvgIpc) is 4.07. The van der Waals surface area contributed by atoms with Crippen LogP contribution < -0.4 is 5.32 Å². The first-order valence-electron chi connectivity index (χ1n) is 21.6. The lowest BCUT2D eigenvalue weighted by Gasteiger charge is -2.30. The van der Waals surface area contributed by atoms with Crippen molar-refractivity contribution in [3.63, 3.8) is 0 Å². The van der Waals surface area contributed by atoms with Gasteiger partial charge in [-0.2, -0.15) is 0 Å². The third-order valence-corrected chi connectivity index (χ3v) is 14.9. The van der Waals surface area contributed by atoms with Crippen molar-refractivity contribution >= 4 is 65.0 Å². The number of benzene rings is 9. The number of aromatic nitrogens is 1. The minimum Gasteiger partial charge on any atom is -0.344 e. The van der Waals surface area contributed by atoms with Crippen molar-refractivity contribution in [1.82, 2.24) is 9.88 Å². The van der Waals surface area contributed by atoms with Crippen LogP contribution in [0.3, 0.4) is 0 Å². The molecule has 2 aromatic heterocycles. The molecular formula is C58H36N4S. The number of nitrogens with one attached hydrogen (secondary N) is 1. The fraction of sp³-hybridized carbons (Fsp3) is 0.0345. The Morgan fingerprint density at radius 1 is 0.476 bits per heavy atom. The number of hydrogen-bond acceptors (Lipinski definition) is 4. The predicted octanol–water partition coefficient (Wildman–Crippen LogP) is 14.0. The van der Waals surface area contributed by atoms with Gasteiger partial charge in [0.1, 0.15) is 12.0 Å². The molecule has 0 radical (unpaired) electrons. The van der Waals surface area contributed by atoms with Gasteiger partial charge < -0.3 is 9.88 Å². The molecule has 5 heteroatoms. The summed E-state index contributed by atoms with van der Waals surface area (Å²) in [6.07, 6.45) is -0.361. The number of fused-ring (bicyclic) bond motifs is 16. The van der Waals surface area contributed by atoms with Crippen molar-refractivity contribution in [2.45, 2.75) is 11.6 Å². The molecule has 1 N–H and O–H groups in total. The van der Waals surface area contributed by atoms with Gasteiger partial charge in [0.2, 0.25) is 0 Å². The number of hydrogen-bond donors (Lipinski definition) is 1. The van der Waals surface area contributed by atoms with Crippen LogP contribution in [-0.4, -0.2) is 16.2 Å². The smallest absolute Gasteiger partial charge is 0.159 e. The third-order valence-electron chi connectivity index (χ3n) is 13.7. The van der Waals surface area contributed by atoms with Crippen LogP contribution >= 0.6 is 11.3 Å². The molecule has 1 aliphatic heterocycles. The molecule has 4 nitrogen and oxygen atoms in total. The second-order valence-electron chi connectivity index (χ2n) is 16.8. The van der Waals surface area contributed by atoms with Crippen molar-refractivity contribution in [3.05, 3.63) is 245 Å². The van der Waals surface area contributed by atoms with Gasteiger partial charge in [0.05, 0.1) is 22.1 Å². The highest BCUT2D eigenvalue weighted by Crippen LogP contribution is 2.63. The van der Waals surface area contributed by atoms with Gasteiger partial charge >= 0.3 is 0 Å². The molecule has 2 aliphatic carbocycles. The maximum absolute atomic E-state index is 5.37. The van der Waals surface area contributed by atoms with E-state index in [1.54, 1.807) is 0 Å². The van der Waals surface area contributed by atoms with Crippen LogP contribution in [0.15, 0.2) is 216 Å². The highest BCUT2D eigenvalue weighted by Gasteiger charge is 2.51. The lowest BCUT2D eigenvalue weighted by molar-refractivity contribution is 0.680. The Morgan fingerprint density at radius 3 is 1.78 bits per heavy atom. The van der Waals surface area contributed by atoms with Gasteiger partial charge in [-0.3, -0.25) is 0 Å². The summed E-state index contributed by atoms with van der Waals surface area (Å²) in [6.45, 7) is 0. The summed E-state index contributed by atoms with van der Waals surface area (Å²) in [5.41, 5.74) is 16.9. The molecule has 3 aliphatic rings. The predicted molar refractivity (Wildman–Crippen MR) is 262 cm³/mol. The molecule has 1 unspecified atom stereocenters. The van der Waals surface area contributed by atoms with E-state index in [1.807, 2.05) is 23.5 Å². The summed E-state index contributed by atoms with van der Waals surface area (Å²) in [6, 6.07) is 75.5. The van der Waals surface area contributed by atoms with E-state index in [-0.39, 0.29) is 6.17 Å². The molecule has 14 rings (SSSR count). The van der Waals surface area contributed by atoms with Gasteiger partial charge in [0.15, 0.2) is 5.84 Å². The molecule has 0 saturated carbocycles. The van der Waals surface area contributed by atoms with Crippen LogP contribution in [0, 0.1) is 0 Å². The number of amidine groups is 2. The van der Waals surface area contributed by atoms with E-state index >= 15 is 0 Å².